The number of rotatable bonds is 6. The number of nitrogens with one attached hydrogen (secondary N) is 1. The Morgan fingerprint density at radius 3 is 2.37 bits per heavy atom. The van der Waals surface area contributed by atoms with Gasteiger partial charge < -0.3 is 14.8 Å². The van der Waals surface area contributed by atoms with Crippen LogP contribution in [0.5, 0.6) is 11.5 Å². The highest BCUT2D eigenvalue weighted by Crippen LogP contribution is 2.24. The highest BCUT2D eigenvalue weighted by molar-refractivity contribution is 5.31. The normalized spacial score (nSPS) is 12.6. The summed E-state index contributed by atoms with van der Waals surface area (Å²) in [6.45, 7) is 2.81. The molecule has 0 amide bonds. The van der Waals surface area contributed by atoms with E-state index in [0.29, 0.717) is 18.8 Å². The summed E-state index contributed by atoms with van der Waals surface area (Å²) in [6.07, 6.45) is 0.239. The number of terminal acetylenes is 1. The number of benzene rings is 1. The predicted octanol–water partition coefficient (Wildman–Crippen LogP) is 2.58. The van der Waals surface area contributed by atoms with Crippen LogP contribution in [-0.2, 0) is 0 Å². The van der Waals surface area contributed by atoms with Crippen LogP contribution in [0.25, 0.3) is 0 Å². The Hall–Kier alpha value is -1.87. The van der Waals surface area contributed by atoms with Crippen LogP contribution in [0, 0.1) is 12.3 Å². The molecule has 0 aliphatic carbocycles. The van der Waals surface area contributed by atoms with E-state index in [2.05, 4.69) is 16.0 Å². The van der Waals surface area contributed by atoms with Crippen LogP contribution in [0.2, 0.25) is 0 Å². The second kappa shape index (κ2) is 6.90. The van der Waals surface area contributed by atoms with Crippen LogP contribution in [0.15, 0.2) is 24.3 Å². The van der Waals surface area contributed by atoms with Gasteiger partial charge in [0.2, 0.25) is 0 Å². The maximum atomic E-state index is 11.9. The largest absolute Gasteiger partial charge is 0.573 e. The molecule has 104 valence electrons. The van der Waals surface area contributed by atoms with E-state index in [9.17, 15) is 13.2 Å². The Balaban J connectivity index is 2.46. The molecule has 1 unspecified atom stereocenters. The minimum absolute atomic E-state index is 0.150. The Labute approximate surface area is 109 Å². The summed E-state index contributed by atoms with van der Waals surface area (Å²) in [5.41, 5.74) is 0. The second-order valence-corrected chi connectivity index (χ2v) is 3.78. The molecule has 0 aromatic heterocycles. The minimum Gasteiger partial charge on any atom is -0.489 e. The SMILES string of the molecule is C#CCNCC(C)Oc1ccc(OC(F)(F)F)cc1. The predicted molar refractivity (Wildman–Crippen MR) is 64.9 cm³/mol. The molecule has 3 nitrogen and oxygen atoms in total. The zero-order valence-electron chi connectivity index (χ0n) is 10.3. The van der Waals surface area contributed by atoms with Crippen molar-refractivity contribution in [2.24, 2.45) is 0 Å². The van der Waals surface area contributed by atoms with Crippen LogP contribution < -0.4 is 14.8 Å². The van der Waals surface area contributed by atoms with Crippen LogP contribution in [0.1, 0.15) is 6.92 Å². The van der Waals surface area contributed by atoms with Gasteiger partial charge in [-0.1, -0.05) is 5.92 Å². The zero-order chi connectivity index (χ0) is 14.3. The molecule has 1 rings (SSSR count). The minimum atomic E-state index is -4.69. The van der Waals surface area contributed by atoms with E-state index in [1.165, 1.54) is 24.3 Å². The Kier molecular flexibility index (Phi) is 5.52. The van der Waals surface area contributed by atoms with Crippen molar-refractivity contribution in [2.75, 3.05) is 13.1 Å². The molecular formula is C13H14F3NO2. The first-order chi connectivity index (χ1) is 8.90. The monoisotopic (exact) mass is 273 g/mol. The van der Waals surface area contributed by atoms with Crippen molar-refractivity contribution in [3.63, 3.8) is 0 Å². The first kappa shape index (κ1) is 15.2. The molecule has 0 bridgehead atoms. The van der Waals surface area contributed by atoms with Crippen molar-refractivity contribution in [1.29, 1.82) is 0 Å². The first-order valence-corrected chi connectivity index (χ1v) is 5.57. The molecular weight excluding hydrogens is 259 g/mol. The lowest BCUT2D eigenvalue weighted by Gasteiger charge is -2.15. The summed E-state index contributed by atoms with van der Waals surface area (Å²) in [4.78, 5) is 0. The maximum Gasteiger partial charge on any atom is 0.573 e. The van der Waals surface area contributed by atoms with Gasteiger partial charge in [0.1, 0.15) is 17.6 Å². The Morgan fingerprint density at radius 2 is 1.84 bits per heavy atom. The van der Waals surface area contributed by atoms with Gasteiger partial charge in [0.15, 0.2) is 0 Å². The van der Waals surface area contributed by atoms with Crippen molar-refractivity contribution in [1.82, 2.24) is 5.32 Å². The molecule has 0 saturated heterocycles. The fraction of sp³-hybridized carbons (Fsp3) is 0.385. The van der Waals surface area contributed by atoms with E-state index in [1.807, 2.05) is 6.92 Å². The lowest BCUT2D eigenvalue weighted by molar-refractivity contribution is -0.274. The molecule has 1 N–H and O–H groups in total. The van der Waals surface area contributed by atoms with Gasteiger partial charge in [0.25, 0.3) is 0 Å². The van der Waals surface area contributed by atoms with Gasteiger partial charge in [0.05, 0.1) is 6.54 Å². The van der Waals surface area contributed by atoms with Crippen molar-refractivity contribution >= 4 is 0 Å². The number of hydrogen-bond donors (Lipinski definition) is 1. The summed E-state index contributed by atoms with van der Waals surface area (Å²) >= 11 is 0. The molecule has 0 radical (unpaired) electrons. The summed E-state index contributed by atoms with van der Waals surface area (Å²) in [6, 6.07) is 5.23. The molecule has 19 heavy (non-hydrogen) atoms. The van der Waals surface area contributed by atoms with E-state index >= 15 is 0 Å². The Bertz CT molecular complexity index is 423. The van der Waals surface area contributed by atoms with Crippen molar-refractivity contribution < 1.29 is 22.6 Å². The van der Waals surface area contributed by atoms with Gasteiger partial charge in [0, 0.05) is 6.54 Å². The number of ether oxygens (including phenoxy) is 2. The average Bonchev–Trinajstić information content (AvgIpc) is 2.30. The fourth-order valence-corrected chi connectivity index (χ4v) is 1.34. The standard InChI is InChI=1S/C13H14F3NO2/c1-3-8-17-9-10(2)18-11-4-6-12(7-5-11)19-13(14,15)16/h1,4-7,10,17H,8-9H2,2H3. The molecule has 6 heteroatoms. The summed E-state index contributed by atoms with van der Waals surface area (Å²) in [7, 11) is 0. The summed E-state index contributed by atoms with van der Waals surface area (Å²) in [5, 5.41) is 2.96. The van der Waals surface area contributed by atoms with E-state index in [-0.39, 0.29) is 11.9 Å². The van der Waals surface area contributed by atoms with Crippen LogP contribution in [0.4, 0.5) is 13.2 Å². The quantitative estimate of drug-likeness (QED) is 0.638. The average molecular weight is 273 g/mol. The lowest BCUT2D eigenvalue weighted by Crippen LogP contribution is -2.29. The van der Waals surface area contributed by atoms with Gasteiger partial charge in [-0.3, -0.25) is 0 Å². The van der Waals surface area contributed by atoms with E-state index in [1.54, 1.807) is 0 Å². The van der Waals surface area contributed by atoms with Crippen LogP contribution >= 0.6 is 0 Å². The van der Waals surface area contributed by atoms with Gasteiger partial charge in [-0.05, 0) is 31.2 Å². The number of halogens is 3. The molecule has 0 aliphatic heterocycles. The third-order valence-electron chi connectivity index (χ3n) is 2.05. The molecule has 0 aliphatic rings. The molecule has 1 atom stereocenters. The molecule has 1 aromatic carbocycles. The van der Waals surface area contributed by atoms with Gasteiger partial charge in [-0.15, -0.1) is 19.6 Å². The highest BCUT2D eigenvalue weighted by Gasteiger charge is 2.30. The van der Waals surface area contributed by atoms with Crippen molar-refractivity contribution in [3.05, 3.63) is 24.3 Å². The third-order valence-corrected chi connectivity index (χ3v) is 2.05. The van der Waals surface area contributed by atoms with Gasteiger partial charge >= 0.3 is 6.36 Å². The molecule has 0 heterocycles. The summed E-state index contributed by atoms with van der Waals surface area (Å²) in [5.74, 6) is 2.61. The van der Waals surface area contributed by atoms with E-state index in [4.69, 9.17) is 11.2 Å². The first-order valence-electron chi connectivity index (χ1n) is 5.57. The number of hydrogen-bond acceptors (Lipinski definition) is 3. The van der Waals surface area contributed by atoms with Gasteiger partial charge in [-0.2, -0.15) is 0 Å². The van der Waals surface area contributed by atoms with Crippen LogP contribution in [0.3, 0.4) is 0 Å². The molecule has 0 spiro atoms. The van der Waals surface area contributed by atoms with Crippen LogP contribution in [-0.4, -0.2) is 25.6 Å². The highest BCUT2D eigenvalue weighted by atomic mass is 19.4. The zero-order valence-corrected chi connectivity index (χ0v) is 10.3. The number of alkyl halides is 3. The molecule has 1 aromatic rings. The van der Waals surface area contributed by atoms with Crippen molar-refractivity contribution in [2.45, 2.75) is 19.4 Å². The summed E-state index contributed by atoms with van der Waals surface area (Å²) < 4.78 is 45.1. The van der Waals surface area contributed by atoms with E-state index in [0.717, 1.165) is 0 Å². The molecule has 0 saturated carbocycles. The maximum absolute atomic E-state index is 11.9. The van der Waals surface area contributed by atoms with Crippen molar-refractivity contribution in [3.8, 4) is 23.8 Å². The third kappa shape index (κ3) is 6.58. The Morgan fingerprint density at radius 1 is 1.26 bits per heavy atom. The molecule has 0 fully saturated rings. The van der Waals surface area contributed by atoms with Gasteiger partial charge in [-0.25, -0.2) is 0 Å². The second-order valence-electron chi connectivity index (χ2n) is 3.78. The lowest BCUT2D eigenvalue weighted by atomic mass is 10.3. The fourth-order valence-electron chi connectivity index (χ4n) is 1.34. The van der Waals surface area contributed by atoms with E-state index < -0.39 is 6.36 Å². The topological polar surface area (TPSA) is 30.5 Å². The smallest absolute Gasteiger partial charge is 0.489 e.